The third kappa shape index (κ3) is 4.30. The summed E-state index contributed by atoms with van der Waals surface area (Å²) in [5.74, 6) is 0.551. The van der Waals surface area contributed by atoms with Crippen molar-refractivity contribution in [2.75, 3.05) is 26.3 Å². The van der Waals surface area contributed by atoms with E-state index in [1.165, 1.54) is 15.3 Å². The zero-order valence-corrected chi connectivity index (χ0v) is 14.5. The van der Waals surface area contributed by atoms with E-state index >= 15 is 0 Å². The number of aliphatic hydroxyl groups excluding tert-OH is 3. The third-order valence-corrected chi connectivity index (χ3v) is 6.04. The molecule has 3 unspecified atom stereocenters. The monoisotopic (exact) mass is 327 g/mol. The topological polar surface area (TPSA) is 63.9 Å². The molecule has 5 heteroatoms. The fraction of sp³-hybridized carbons (Fsp3) is 0.765. The van der Waals surface area contributed by atoms with Gasteiger partial charge in [-0.25, -0.2) is 0 Å². The maximum absolute atomic E-state index is 9.64. The van der Waals surface area contributed by atoms with Gasteiger partial charge in [0.05, 0.1) is 12.7 Å². The molecule has 1 saturated heterocycles. The van der Waals surface area contributed by atoms with Crippen molar-refractivity contribution < 1.29 is 15.3 Å². The van der Waals surface area contributed by atoms with Crippen LogP contribution in [-0.4, -0.2) is 58.7 Å². The first-order chi connectivity index (χ1) is 10.6. The molecule has 126 valence electrons. The Bertz CT molecular complexity index is 463. The van der Waals surface area contributed by atoms with Gasteiger partial charge in [-0.2, -0.15) is 0 Å². The molecule has 0 radical (unpaired) electrons. The predicted molar refractivity (Wildman–Crippen MR) is 90.6 cm³/mol. The summed E-state index contributed by atoms with van der Waals surface area (Å²) in [6, 6.07) is 2.75. The highest BCUT2D eigenvalue weighted by atomic mass is 32.1. The zero-order valence-electron chi connectivity index (χ0n) is 13.7. The molecule has 22 heavy (non-hydrogen) atoms. The van der Waals surface area contributed by atoms with Crippen LogP contribution in [0.5, 0.6) is 0 Å². The molecule has 0 bridgehead atoms. The van der Waals surface area contributed by atoms with Crippen LogP contribution < -0.4 is 0 Å². The molecule has 0 amide bonds. The van der Waals surface area contributed by atoms with Crippen LogP contribution in [0.1, 0.15) is 47.9 Å². The summed E-state index contributed by atoms with van der Waals surface area (Å²) in [7, 11) is 0. The van der Waals surface area contributed by atoms with Crippen LogP contribution in [0.2, 0.25) is 0 Å². The molecular weight excluding hydrogens is 298 g/mol. The zero-order chi connectivity index (χ0) is 16.1. The van der Waals surface area contributed by atoms with Crippen LogP contribution in [0.25, 0.3) is 0 Å². The molecular formula is C17H29NO3S. The lowest BCUT2D eigenvalue weighted by Crippen LogP contribution is -2.44. The van der Waals surface area contributed by atoms with Crippen molar-refractivity contribution in [3.8, 4) is 0 Å². The number of hydrogen-bond acceptors (Lipinski definition) is 5. The Balaban J connectivity index is 2.04. The molecule has 4 nitrogen and oxygen atoms in total. The van der Waals surface area contributed by atoms with Crippen LogP contribution in [0, 0.1) is 0 Å². The summed E-state index contributed by atoms with van der Waals surface area (Å²) in [6.45, 7) is 5.94. The van der Waals surface area contributed by atoms with Crippen molar-refractivity contribution in [3.63, 3.8) is 0 Å². The van der Waals surface area contributed by atoms with Crippen molar-refractivity contribution in [1.29, 1.82) is 0 Å². The van der Waals surface area contributed by atoms with Crippen LogP contribution in [0.15, 0.2) is 6.07 Å². The van der Waals surface area contributed by atoms with Crippen molar-refractivity contribution in [3.05, 3.63) is 21.4 Å². The van der Waals surface area contributed by atoms with Gasteiger partial charge in [0.1, 0.15) is 0 Å². The predicted octanol–water partition coefficient (Wildman–Crippen LogP) is 1.77. The van der Waals surface area contributed by atoms with Gasteiger partial charge in [0.25, 0.3) is 0 Å². The lowest BCUT2D eigenvalue weighted by Gasteiger charge is -2.38. The molecule has 3 N–H and O–H groups in total. The number of thiophene rings is 1. The minimum Gasteiger partial charge on any atom is -0.396 e. The van der Waals surface area contributed by atoms with Crippen molar-refractivity contribution in [1.82, 2.24) is 4.90 Å². The number of nitrogens with zero attached hydrogens (tertiary/aromatic N) is 1. The molecule has 2 heterocycles. The smallest absolute Gasteiger partial charge is 0.0897 e. The number of β-amino-alcohol motifs (C(OH)–C–C–N with tert-alkyl or cyclic N) is 1. The maximum Gasteiger partial charge on any atom is 0.0897 e. The summed E-state index contributed by atoms with van der Waals surface area (Å²) in [5.41, 5.74) is 1.44. The van der Waals surface area contributed by atoms with Crippen molar-refractivity contribution in [2.24, 2.45) is 0 Å². The fourth-order valence-electron chi connectivity index (χ4n) is 3.42. The second-order valence-electron chi connectivity index (χ2n) is 6.32. The molecule has 0 aromatic carbocycles. The van der Waals surface area contributed by atoms with E-state index in [9.17, 15) is 10.2 Å². The lowest BCUT2D eigenvalue weighted by atomic mass is 9.85. The number of rotatable bonds is 7. The SMILES string of the molecule is CCc1cc(C2CCN(CC(O)CO)C(C)C2)c(CCO)s1. The van der Waals surface area contributed by atoms with E-state index in [4.69, 9.17) is 5.11 Å². The highest BCUT2D eigenvalue weighted by Gasteiger charge is 2.29. The number of aryl methyl sites for hydroxylation is 1. The summed E-state index contributed by atoms with van der Waals surface area (Å²) >= 11 is 1.85. The van der Waals surface area contributed by atoms with E-state index in [0.717, 1.165) is 32.2 Å². The Labute approximate surface area is 137 Å². The number of aliphatic hydroxyl groups is 3. The van der Waals surface area contributed by atoms with Gasteiger partial charge in [-0.05, 0) is 50.3 Å². The Morgan fingerprint density at radius 2 is 2.18 bits per heavy atom. The minimum absolute atomic E-state index is 0.169. The van der Waals surface area contributed by atoms with Crippen LogP contribution in [0.4, 0.5) is 0 Å². The van der Waals surface area contributed by atoms with Gasteiger partial charge in [0.2, 0.25) is 0 Å². The standard InChI is InChI=1S/C17H29NO3S/c1-3-15-9-16(17(22-15)5-7-19)13-4-6-18(12(2)8-13)10-14(21)11-20/h9,12-14,19-21H,3-8,10-11H2,1-2H3. The average Bonchev–Trinajstić information content (AvgIpc) is 2.92. The molecule has 1 aromatic rings. The Morgan fingerprint density at radius 3 is 2.77 bits per heavy atom. The van der Waals surface area contributed by atoms with Gasteiger partial charge in [-0.15, -0.1) is 11.3 Å². The van der Waals surface area contributed by atoms with Gasteiger partial charge in [-0.3, -0.25) is 4.90 Å². The van der Waals surface area contributed by atoms with Crippen molar-refractivity contribution in [2.45, 2.75) is 57.6 Å². The van der Waals surface area contributed by atoms with E-state index in [0.29, 0.717) is 18.5 Å². The van der Waals surface area contributed by atoms with E-state index in [1.54, 1.807) is 0 Å². The quantitative estimate of drug-likeness (QED) is 0.714. The fourth-order valence-corrected chi connectivity index (χ4v) is 4.60. The summed E-state index contributed by atoms with van der Waals surface area (Å²) in [5, 5.41) is 27.9. The van der Waals surface area contributed by atoms with Crippen molar-refractivity contribution >= 4 is 11.3 Å². The van der Waals surface area contributed by atoms with Gasteiger partial charge in [0, 0.05) is 35.4 Å². The molecule has 0 spiro atoms. The Morgan fingerprint density at radius 1 is 1.41 bits per heavy atom. The molecule has 1 fully saturated rings. The highest BCUT2D eigenvalue weighted by Crippen LogP contribution is 2.37. The summed E-state index contributed by atoms with van der Waals surface area (Å²) < 4.78 is 0. The lowest BCUT2D eigenvalue weighted by molar-refractivity contribution is 0.0337. The third-order valence-electron chi connectivity index (χ3n) is 4.69. The van der Waals surface area contributed by atoms with Gasteiger partial charge in [-0.1, -0.05) is 6.92 Å². The minimum atomic E-state index is -0.642. The number of hydrogen-bond donors (Lipinski definition) is 3. The van der Waals surface area contributed by atoms with E-state index < -0.39 is 6.10 Å². The molecule has 0 aliphatic carbocycles. The molecule has 3 atom stereocenters. The van der Waals surface area contributed by atoms with Crippen LogP contribution >= 0.6 is 11.3 Å². The first kappa shape index (κ1) is 17.9. The van der Waals surface area contributed by atoms with E-state index in [1.807, 2.05) is 11.3 Å². The molecule has 1 aliphatic heterocycles. The Hall–Kier alpha value is -0.460. The highest BCUT2D eigenvalue weighted by molar-refractivity contribution is 7.12. The summed E-state index contributed by atoms with van der Waals surface area (Å²) in [6.07, 6.45) is 3.34. The van der Waals surface area contributed by atoms with E-state index in [-0.39, 0.29) is 13.2 Å². The largest absolute Gasteiger partial charge is 0.396 e. The van der Waals surface area contributed by atoms with Gasteiger partial charge in [0.15, 0.2) is 0 Å². The first-order valence-electron chi connectivity index (χ1n) is 8.34. The summed E-state index contributed by atoms with van der Waals surface area (Å²) in [4.78, 5) is 5.03. The van der Waals surface area contributed by atoms with Crippen LogP contribution in [0.3, 0.4) is 0 Å². The molecule has 2 rings (SSSR count). The molecule has 1 aliphatic rings. The maximum atomic E-state index is 9.64. The van der Waals surface area contributed by atoms with Crippen LogP contribution in [-0.2, 0) is 12.8 Å². The van der Waals surface area contributed by atoms with Gasteiger partial charge >= 0.3 is 0 Å². The average molecular weight is 327 g/mol. The molecule has 0 saturated carbocycles. The van der Waals surface area contributed by atoms with Gasteiger partial charge < -0.3 is 15.3 Å². The normalized spacial score (nSPS) is 24.6. The number of piperidine rings is 1. The van der Waals surface area contributed by atoms with E-state index in [2.05, 4.69) is 24.8 Å². The second-order valence-corrected chi connectivity index (χ2v) is 7.54. The molecule has 1 aromatic heterocycles. The second kappa shape index (κ2) is 8.41. The Kier molecular flexibility index (Phi) is 6.84. The number of likely N-dealkylation sites (tertiary alicyclic amines) is 1. The first-order valence-corrected chi connectivity index (χ1v) is 9.15.